The Morgan fingerprint density at radius 2 is 1.77 bits per heavy atom. The first kappa shape index (κ1) is 27.6. The number of aryl methyl sites for hydroxylation is 3. The zero-order valence-corrected chi connectivity index (χ0v) is 23.9. The Labute approximate surface area is 246 Å². The number of carbonyl (C=O) groups excluding carboxylic acids is 1. The number of aromatic nitrogens is 5. The quantitative estimate of drug-likeness (QED) is 0.239. The van der Waals surface area contributed by atoms with Crippen LogP contribution in [0.3, 0.4) is 0 Å². The number of amides is 1. The van der Waals surface area contributed by atoms with Crippen LogP contribution in [0.15, 0.2) is 90.0 Å². The molecule has 10 heteroatoms. The van der Waals surface area contributed by atoms with Crippen LogP contribution in [0.25, 0.3) is 33.3 Å². The third kappa shape index (κ3) is 5.54. The Kier molecular flexibility index (Phi) is 7.33. The fraction of sp³-hybridized carbons (Fsp3) is 0.152. The highest BCUT2D eigenvalue weighted by atomic mass is 19.1. The summed E-state index contributed by atoms with van der Waals surface area (Å²) >= 11 is 0. The number of hydrogen-bond donors (Lipinski definition) is 2. The molecule has 2 aromatic heterocycles. The summed E-state index contributed by atoms with van der Waals surface area (Å²) in [5.41, 5.74) is 6.19. The van der Waals surface area contributed by atoms with Gasteiger partial charge in [-0.15, -0.1) is 0 Å². The molecule has 43 heavy (non-hydrogen) atoms. The molecule has 2 N–H and O–H groups in total. The SMILES string of the molecule is Cc1cc(-c2cc(C)c(OCc3ncn[nH]3)c(F)c2)c2c(c1)n(CC(=O)Nc1cccc(-c3ccccc3)c1)c(=O)n2C. The second-order valence-electron chi connectivity index (χ2n) is 10.4. The maximum Gasteiger partial charge on any atom is 0.329 e. The molecular formula is C33H29FN6O3. The summed E-state index contributed by atoms with van der Waals surface area (Å²) in [5, 5.41) is 9.39. The number of imidazole rings is 1. The highest BCUT2D eigenvalue weighted by Gasteiger charge is 2.20. The number of carbonyl (C=O) groups is 1. The van der Waals surface area contributed by atoms with Crippen LogP contribution in [0.2, 0.25) is 0 Å². The van der Waals surface area contributed by atoms with Gasteiger partial charge in [-0.25, -0.2) is 14.2 Å². The fourth-order valence-electron chi connectivity index (χ4n) is 5.33. The highest BCUT2D eigenvalue weighted by molar-refractivity contribution is 5.96. The van der Waals surface area contributed by atoms with Crippen LogP contribution < -0.4 is 15.7 Å². The zero-order valence-electron chi connectivity index (χ0n) is 23.9. The first-order valence-electron chi connectivity index (χ1n) is 13.7. The van der Waals surface area contributed by atoms with E-state index in [1.54, 1.807) is 14.0 Å². The highest BCUT2D eigenvalue weighted by Crippen LogP contribution is 2.34. The number of fused-ring (bicyclic) bond motifs is 1. The van der Waals surface area contributed by atoms with Crippen LogP contribution in [0.5, 0.6) is 5.75 Å². The van der Waals surface area contributed by atoms with E-state index >= 15 is 4.39 Å². The van der Waals surface area contributed by atoms with E-state index in [1.165, 1.54) is 21.5 Å². The minimum Gasteiger partial charge on any atom is -0.482 e. The minimum atomic E-state index is -0.536. The lowest BCUT2D eigenvalue weighted by Crippen LogP contribution is -2.28. The van der Waals surface area contributed by atoms with E-state index in [0.717, 1.165) is 16.7 Å². The van der Waals surface area contributed by atoms with Crippen molar-refractivity contribution in [1.29, 1.82) is 0 Å². The van der Waals surface area contributed by atoms with Crippen molar-refractivity contribution in [3.05, 3.63) is 118 Å². The van der Waals surface area contributed by atoms with E-state index in [0.29, 0.717) is 39.2 Å². The summed E-state index contributed by atoms with van der Waals surface area (Å²) in [5.74, 6) is -0.278. The summed E-state index contributed by atoms with van der Waals surface area (Å²) in [7, 11) is 1.65. The molecule has 6 aromatic rings. The molecule has 0 fully saturated rings. The lowest BCUT2D eigenvalue weighted by molar-refractivity contribution is -0.116. The van der Waals surface area contributed by atoms with Gasteiger partial charge in [0.1, 0.15) is 19.5 Å². The molecule has 9 nitrogen and oxygen atoms in total. The van der Waals surface area contributed by atoms with Gasteiger partial charge in [0.15, 0.2) is 17.4 Å². The number of benzene rings is 4. The van der Waals surface area contributed by atoms with Crippen LogP contribution in [-0.2, 0) is 25.0 Å². The number of rotatable bonds is 8. The van der Waals surface area contributed by atoms with Crippen molar-refractivity contribution in [3.8, 4) is 28.0 Å². The van der Waals surface area contributed by atoms with Crippen LogP contribution in [-0.4, -0.2) is 30.2 Å². The van der Waals surface area contributed by atoms with Crippen molar-refractivity contribution in [2.24, 2.45) is 7.05 Å². The average Bonchev–Trinajstić information content (AvgIpc) is 3.60. The lowest BCUT2D eigenvalue weighted by atomic mass is 9.99. The standard InChI is InChI=1S/C33H29FN6O3/c1-20-12-26(24-14-21(2)32(27(34)16-24)43-18-29-35-19-36-38-29)31-28(13-20)40(33(42)39(31)3)17-30(41)37-25-11-7-10-23(15-25)22-8-5-4-6-9-22/h4-16,19H,17-18H2,1-3H3,(H,37,41)(H,35,36,38). The van der Waals surface area contributed by atoms with E-state index in [2.05, 4.69) is 20.5 Å². The Morgan fingerprint density at radius 3 is 2.51 bits per heavy atom. The number of H-pyrrole nitrogens is 1. The molecule has 0 aliphatic carbocycles. The summed E-state index contributed by atoms with van der Waals surface area (Å²) in [4.78, 5) is 30.6. The molecule has 0 bridgehead atoms. The van der Waals surface area contributed by atoms with E-state index in [4.69, 9.17) is 4.74 Å². The van der Waals surface area contributed by atoms with Crippen molar-refractivity contribution in [2.75, 3.05) is 5.32 Å². The number of hydrogen-bond acceptors (Lipinski definition) is 5. The predicted octanol–water partition coefficient (Wildman–Crippen LogP) is 5.77. The number of anilines is 1. The van der Waals surface area contributed by atoms with Crippen molar-refractivity contribution in [2.45, 2.75) is 27.0 Å². The monoisotopic (exact) mass is 576 g/mol. The summed E-state index contributed by atoms with van der Waals surface area (Å²) in [6.07, 6.45) is 1.36. The number of halogens is 1. The van der Waals surface area contributed by atoms with Gasteiger partial charge >= 0.3 is 5.69 Å². The van der Waals surface area contributed by atoms with Gasteiger partial charge < -0.3 is 10.1 Å². The summed E-state index contributed by atoms with van der Waals surface area (Å²) in [6.45, 7) is 3.52. The van der Waals surface area contributed by atoms with Crippen LogP contribution in [0, 0.1) is 19.7 Å². The summed E-state index contributed by atoms with van der Waals surface area (Å²) < 4.78 is 23.9. The molecule has 216 valence electrons. The maximum atomic E-state index is 15.3. The first-order chi connectivity index (χ1) is 20.8. The molecule has 0 saturated carbocycles. The Bertz CT molecular complexity index is 1990. The normalized spacial score (nSPS) is 11.2. The van der Waals surface area contributed by atoms with Crippen molar-refractivity contribution in [3.63, 3.8) is 0 Å². The second kappa shape index (κ2) is 11.4. The molecule has 0 unspecified atom stereocenters. The van der Waals surface area contributed by atoms with Crippen molar-refractivity contribution < 1.29 is 13.9 Å². The number of nitrogens with zero attached hydrogens (tertiary/aromatic N) is 4. The molecule has 0 spiro atoms. The number of nitrogens with one attached hydrogen (secondary N) is 2. The lowest BCUT2D eigenvalue weighted by Gasteiger charge is -2.13. The molecule has 0 aliphatic heterocycles. The molecular weight excluding hydrogens is 547 g/mol. The van der Waals surface area contributed by atoms with Gasteiger partial charge in [0.2, 0.25) is 5.91 Å². The van der Waals surface area contributed by atoms with Crippen LogP contribution in [0.1, 0.15) is 17.0 Å². The Morgan fingerprint density at radius 1 is 0.977 bits per heavy atom. The largest absolute Gasteiger partial charge is 0.482 e. The minimum absolute atomic E-state index is 0.0434. The zero-order chi connectivity index (χ0) is 30.1. The Balaban J connectivity index is 1.31. The predicted molar refractivity (Wildman–Crippen MR) is 163 cm³/mol. The number of aromatic amines is 1. The van der Waals surface area contributed by atoms with Crippen LogP contribution in [0.4, 0.5) is 10.1 Å². The van der Waals surface area contributed by atoms with E-state index in [9.17, 15) is 9.59 Å². The van der Waals surface area contributed by atoms with Crippen molar-refractivity contribution >= 4 is 22.6 Å². The summed E-state index contributed by atoms with van der Waals surface area (Å²) in [6, 6.07) is 24.4. The molecule has 6 rings (SSSR count). The average molecular weight is 577 g/mol. The van der Waals surface area contributed by atoms with Gasteiger partial charge in [0.25, 0.3) is 0 Å². The fourth-order valence-corrected chi connectivity index (χ4v) is 5.33. The maximum absolute atomic E-state index is 15.3. The number of ether oxygens (including phenoxy) is 1. The molecule has 0 atom stereocenters. The first-order valence-corrected chi connectivity index (χ1v) is 13.7. The molecule has 0 radical (unpaired) electrons. The van der Waals surface area contributed by atoms with Gasteiger partial charge in [-0.05, 0) is 78.1 Å². The third-order valence-corrected chi connectivity index (χ3v) is 7.29. The van der Waals surface area contributed by atoms with E-state index < -0.39 is 5.82 Å². The van der Waals surface area contributed by atoms with E-state index in [1.807, 2.05) is 79.7 Å². The van der Waals surface area contributed by atoms with Gasteiger partial charge in [-0.1, -0.05) is 42.5 Å². The van der Waals surface area contributed by atoms with Crippen LogP contribution >= 0.6 is 0 Å². The van der Waals surface area contributed by atoms with E-state index in [-0.39, 0.29) is 30.5 Å². The molecule has 2 heterocycles. The van der Waals surface area contributed by atoms with Gasteiger partial charge in [0.05, 0.1) is 11.0 Å². The smallest absolute Gasteiger partial charge is 0.329 e. The topological polar surface area (TPSA) is 107 Å². The van der Waals surface area contributed by atoms with Gasteiger partial charge in [-0.2, -0.15) is 5.10 Å². The molecule has 0 saturated heterocycles. The van der Waals surface area contributed by atoms with Gasteiger partial charge in [0, 0.05) is 18.3 Å². The molecule has 1 amide bonds. The third-order valence-electron chi connectivity index (χ3n) is 7.29. The molecule has 4 aromatic carbocycles. The second-order valence-corrected chi connectivity index (χ2v) is 10.4. The molecule has 0 aliphatic rings. The van der Waals surface area contributed by atoms with Gasteiger partial charge in [-0.3, -0.25) is 19.0 Å². The Hall–Kier alpha value is -5.51. The van der Waals surface area contributed by atoms with Crippen molar-refractivity contribution in [1.82, 2.24) is 24.3 Å².